The maximum Gasteiger partial charge on any atom is 0.271 e. The Kier molecular flexibility index (Phi) is 5.53. The Morgan fingerprint density at radius 2 is 1.91 bits per heavy atom. The van der Waals surface area contributed by atoms with Crippen molar-refractivity contribution >= 4 is 22.7 Å². The average molecular weight is 455 g/mol. The predicted molar refractivity (Wildman–Crippen MR) is 129 cm³/mol. The zero-order valence-electron chi connectivity index (χ0n) is 19.2. The zero-order valence-corrected chi connectivity index (χ0v) is 19.2. The molecule has 1 atom stereocenters. The van der Waals surface area contributed by atoms with Crippen LogP contribution in [0.2, 0.25) is 0 Å². The van der Waals surface area contributed by atoms with E-state index in [9.17, 15) is 9.59 Å². The number of amides is 2. The average Bonchev–Trinajstić information content (AvgIpc) is 3.24. The van der Waals surface area contributed by atoms with Crippen molar-refractivity contribution in [3.63, 3.8) is 0 Å². The van der Waals surface area contributed by atoms with E-state index in [4.69, 9.17) is 4.74 Å². The summed E-state index contributed by atoms with van der Waals surface area (Å²) < 4.78 is 7.38. The maximum atomic E-state index is 13.8. The van der Waals surface area contributed by atoms with Crippen LogP contribution < -0.4 is 10.1 Å². The third kappa shape index (κ3) is 3.69. The number of aromatic nitrogens is 2. The van der Waals surface area contributed by atoms with E-state index in [1.54, 1.807) is 24.4 Å². The van der Waals surface area contributed by atoms with Gasteiger partial charge in [-0.25, -0.2) is 0 Å². The molecule has 172 valence electrons. The summed E-state index contributed by atoms with van der Waals surface area (Å²) in [6, 6.07) is 21.1. The van der Waals surface area contributed by atoms with E-state index in [1.807, 2.05) is 78.2 Å². The molecule has 0 bridgehead atoms. The van der Waals surface area contributed by atoms with Gasteiger partial charge in [0.15, 0.2) is 0 Å². The van der Waals surface area contributed by atoms with Gasteiger partial charge in [0.2, 0.25) is 5.91 Å². The molecule has 0 radical (unpaired) electrons. The molecule has 1 aliphatic heterocycles. The summed E-state index contributed by atoms with van der Waals surface area (Å²) >= 11 is 0. The molecule has 5 rings (SSSR count). The minimum Gasteiger partial charge on any atom is -0.496 e. The van der Waals surface area contributed by atoms with E-state index in [2.05, 4.69) is 10.3 Å². The van der Waals surface area contributed by atoms with Gasteiger partial charge in [0.1, 0.15) is 17.0 Å². The molecule has 1 unspecified atom stereocenters. The Labute approximate surface area is 198 Å². The normalized spacial score (nSPS) is 17.5. The molecule has 2 aromatic carbocycles. The first-order valence-electron chi connectivity index (χ1n) is 11.2. The van der Waals surface area contributed by atoms with Crippen molar-refractivity contribution < 1.29 is 14.3 Å². The van der Waals surface area contributed by atoms with Crippen molar-refractivity contribution in [2.24, 2.45) is 0 Å². The quantitative estimate of drug-likeness (QED) is 0.481. The van der Waals surface area contributed by atoms with Crippen LogP contribution in [0.15, 0.2) is 79.1 Å². The number of nitrogens with zero attached hydrogens (tertiary/aromatic N) is 3. The monoisotopic (exact) mass is 454 g/mol. The molecule has 0 saturated heterocycles. The lowest BCUT2D eigenvalue weighted by Crippen LogP contribution is -2.63. The predicted octanol–water partition coefficient (Wildman–Crippen LogP) is 3.78. The summed E-state index contributed by atoms with van der Waals surface area (Å²) in [5.74, 6) is 0.305. The molecule has 0 saturated carbocycles. The van der Waals surface area contributed by atoms with Gasteiger partial charge in [-0.05, 0) is 36.8 Å². The van der Waals surface area contributed by atoms with E-state index in [0.717, 1.165) is 22.0 Å². The van der Waals surface area contributed by atoms with Crippen molar-refractivity contribution in [3.05, 3.63) is 95.9 Å². The lowest BCUT2D eigenvalue weighted by atomic mass is 9.93. The minimum absolute atomic E-state index is 0.179. The summed E-state index contributed by atoms with van der Waals surface area (Å²) in [7, 11) is 1.61. The maximum absolute atomic E-state index is 13.8. The molecule has 0 spiro atoms. The van der Waals surface area contributed by atoms with Crippen LogP contribution in [-0.4, -0.2) is 38.9 Å². The van der Waals surface area contributed by atoms with E-state index in [-0.39, 0.29) is 18.4 Å². The molecule has 2 amide bonds. The molecular formula is C27H26N4O3. The fourth-order valence-electron chi connectivity index (χ4n) is 4.64. The lowest BCUT2D eigenvalue weighted by molar-refractivity contribution is -0.133. The van der Waals surface area contributed by atoms with Crippen molar-refractivity contribution in [1.29, 1.82) is 0 Å². The van der Waals surface area contributed by atoms with Crippen LogP contribution in [0.25, 0.3) is 10.9 Å². The number of hydrogen-bond donors (Lipinski definition) is 1. The first kappa shape index (κ1) is 21.7. The number of ether oxygens (including phenoxy) is 1. The Bertz CT molecular complexity index is 1360. The number of pyridine rings is 1. The van der Waals surface area contributed by atoms with Crippen LogP contribution in [0, 0.1) is 0 Å². The van der Waals surface area contributed by atoms with Crippen LogP contribution in [0.1, 0.15) is 28.5 Å². The second kappa shape index (κ2) is 8.67. The van der Waals surface area contributed by atoms with Crippen LogP contribution in [-0.2, 0) is 24.4 Å². The van der Waals surface area contributed by atoms with Gasteiger partial charge < -0.3 is 19.5 Å². The van der Waals surface area contributed by atoms with Gasteiger partial charge in [-0.1, -0.05) is 42.5 Å². The van der Waals surface area contributed by atoms with E-state index in [0.29, 0.717) is 24.5 Å². The fourth-order valence-corrected chi connectivity index (χ4v) is 4.64. The smallest absolute Gasteiger partial charge is 0.271 e. The van der Waals surface area contributed by atoms with Gasteiger partial charge in [-0.15, -0.1) is 0 Å². The van der Waals surface area contributed by atoms with E-state index in [1.165, 1.54) is 0 Å². The molecule has 4 aromatic rings. The molecule has 2 aromatic heterocycles. The number of fused-ring (bicyclic) bond motifs is 3. The summed E-state index contributed by atoms with van der Waals surface area (Å²) in [4.78, 5) is 33.3. The number of nitrogens with one attached hydrogen (secondary N) is 1. The highest BCUT2D eigenvalue weighted by Gasteiger charge is 2.47. The van der Waals surface area contributed by atoms with Crippen LogP contribution in [0.5, 0.6) is 5.75 Å². The van der Waals surface area contributed by atoms with Gasteiger partial charge in [-0.3, -0.25) is 14.6 Å². The Morgan fingerprint density at radius 1 is 1.12 bits per heavy atom. The molecule has 34 heavy (non-hydrogen) atoms. The Balaban J connectivity index is 1.52. The number of carbonyl (C=O) groups excluding carboxylic acids is 2. The highest BCUT2D eigenvalue weighted by molar-refractivity contribution is 6.03. The van der Waals surface area contributed by atoms with E-state index < -0.39 is 5.54 Å². The van der Waals surface area contributed by atoms with Gasteiger partial charge in [0.25, 0.3) is 5.91 Å². The molecular weight excluding hydrogens is 428 g/mol. The Morgan fingerprint density at radius 3 is 2.71 bits per heavy atom. The molecule has 0 aliphatic carbocycles. The summed E-state index contributed by atoms with van der Waals surface area (Å²) in [6.07, 6.45) is 3.42. The highest BCUT2D eigenvalue weighted by Crippen LogP contribution is 2.33. The number of carbonyl (C=O) groups is 2. The highest BCUT2D eigenvalue weighted by atomic mass is 16.5. The number of para-hydroxylation sites is 2. The summed E-state index contributed by atoms with van der Waals surface area (Å²) in [5.41, 5.74) is 2.15. The van der Waals surface area contributed by atoms with Gasteiger partial charge in [-0.2, -0.15) is 0 Å². The number of methoxy groups -OCH3 is 1. The SMILES string of the molecule is COc1ccccc1CNC(=O)C1(C)Cn2c(cc3ccccc32)C(=O)N1Cc1cccnc1. The Hall–Kier alpha value is -4.13. The minimum atomic E-state index is -1.11. The third-order valence-corrected chi connectivity index (χ3v) is 6.52. The zero-order chi connectivity index (χ0) is 23.7. The molecule has 1 N–H and O–H groups in total. The number of benzene rings is 2. The number of rotatable bonds is 6. The number of hydrogen-bond acceptors (Lipinski definition) is 4. The topological polar surface area (TPSA) is 76.5 Å². The van der Waals surface area contributed by atoms with Crippen molar-refractivity contribution in [2.45, 2.75) is 32.1 Å². The summed E-state index contributed by atoms with van der Waals surface area (Å²) in [5, 5.41) is 4.03. The van der Waals surface area contributed by atoms with Crippen LogP contribution in [0.3, 0.4) is 0 Å². The van der Waals surface area contributed by atoms with Gasteiger partial charge in [0, 0.05) is 41.9 Å². The van der Waals surface area contributed by atoms with E-state index >= 15 is 0 Å². The standard InChI is InChI=1S/C27H26N4O3/c1-27(26(33)29-16-21-10-4-6-12-24(21)34-2)18-30-22-11-5-3-9-20(22)14-23(30)25(32)31(27)17-19-8-7-13-28-15-19/h3-15H,16-18H2,1-2H3,(H,29,33). The second-order valence-electron chi connectivity index (χ2n) is 8.70. The molecule has 7 heteroatoms. The fraction of sp³-hybridized carbons (Fsp3) is 0.222. The third-order valence-electron chi connectivity index (χ3n) is 6.52. The second-order valence-corrected chi connectivity index (χ2v) is 8.70. The van der Waals surface area contributed by atoms with Crippen molar-refractivity contribution in [2.75, 3.05) is 7.11 Å². The largest absolute Gasteiger partial charge is 0.496 e. The van der Waals surface area contributed by atoms with Crippen LogP contribution in [0.4, 0.5) is 0 Å². The first-order chi connectivity index (χ1) is 16.5. The molecule has 7 nitrogen and oxygen atoms in total. The van der Waals surface area contributed by atoms with Gasteiger partial charge in [0.05, 0.1) is 13.7 Å². The molecule has 0 fully saturated rings. The molecule has 1 aliphatic rings. The van der Waals surface area contributed by atoms with Crippen molar-refractivity contribution in [3.8, 4) is 5.75 Å². The lowest BCUT2D eigenvalue weighted by Gasteiger charge is -2.44. The summed E-state index contributed by atoms with van der Waals surface area (Å²) in [6.45, 7) is 2.76. The van der Waals surface area contributed by atoms with Crippen molar-refractivity contribution in [1.82, 2.24) is 19.8 Å². The van der Waals surface area contributed by atoms with Gasteiger partial charge >= 0.3 is 0 Å². The molecule has 3 heterocycles. The first-order valence-corrected chi connectivity index (χ1v) is 11.2. The van der Waals surface area contributed by atoms with Crippen LogP contribution >= 0.6 is 0 Å².